The number of halogens is 1. The minimum absolute atomic E-state index is 0.0973. The largest absolute Gasteiger partial charge is 0.461 e. The van der Waals surface area contributed by atoms with Gasteiger partial charge in [0, 0.05) is 19.3 Å². The fourth-order valence-corrected chi connectivity index (χ4v) is 3.52. The van der Waals surface area contributed by atoms with E-state index in [2.05, 4.69) is 15.5 Å². The van der Waals surface area contributed by atoms with Gasteiger partial charge in [-0.2, -0.15) is 0 Å². The van der Waals surface area contributed by atoms with E-state index in [9.17, 15) is 14.0 Å². The summed E-state index contributed by atoms with van der Waals surface area (Å²) >= 11 is 1.23. The van der Waals surface area contributed by atoms with Crippen LogP contribution in [-0.2, 0) is 16.1 Å². The number of carbonyl (C=O) groups excluding carboxylic acids is 2. The molecule has 2 heterocycles. The average molecular weight is 417 g/mol. The lowest BCUT2D eigenvalue weighted by Gasteiger charge is -2.16. The second-order valence-electron chi connectivity index (χ2n) is 6.12. The normalized spacial score (nSPS) is 10.7. The zero-order chi connectivity index (χ0) is 20.8. The molecule has 0 aliphatic carbocycles. The number of anilines is 1. The van der Waals surface area contributed by atoms with Crippen LogP contribution in [-0.4, -0.2) is 50.8 Å². The Morgan fingerprint density at radius 1 is 1.28 bits per heavy atom. The van der Waals surface area contributed by atoms with E-state index in [1.54, 1.807) is 24.5 Å². The molecule has 0 bridgehead atoms. The molecule has 0 radical (unpaired) electrons. The SMILES string of the molecule is CCn1c(SCC(=O)N(C)CC(=O)Nc2cccc(F)c2)nnc1-c1ccco1. The van der Waals surface area contributed by atoms with Crippen LogP contribution in [0.1, 0.15) is 6.92 Å². The Balaban J connectivity index is 1.54. The van der Waals surface area contributed by atoms with Crippen LogP contribution >= 0.6 is 11.8 Å². The molecule has 0 aliphatic heterocycles. The van der Waals surface area contributed by atoms with E-state index in [0.717, 1.165) is 0 Å². The van der Waals surface area contributed by atoms with Crippen molar-refractivity contribution >= 4 is 29.3 Å². The number of amides is 2. The zero-order valence-corrected chi connectivity index (χ0v) is 16.8. The van der Waals surface area contributed by atoms with E-state index in [-0.39, 0.29) is 18.2 Å². The number of rotatable bonds is 8. The number of hydrogen-bond donors (Lipinski definition) is 1. The van der Waals surface area contributed by atoms with Gasteiger partial charge in [0.2, 0.25) is 11.8 Å². The third-order valence-electron chi connectivity index (χ3n) is 4.01. The molecule has 8 nitrogen and oxygen atoms in total. The van der Waals surface area contributed by atoms with Crippen molar-refractivity contribution in [2.45, 2.75) is 18.6 Å². The van der Waals surface area contributed by atoms with Crippen molar-refractivity contribution in [2.24, 2.45) is 0 Å². The van der Waals surface area contributed by atoms with E-state index < -0.39 is 11.7 Å². The van der Waals surface area contributed by atoms with Crippen molar-refractivity contribution in [1.82, 2.24) is 19.7 Å². The predicted molar refractivity (Wildman–Crippen MR) is 107 cm³/mol. The Hall–Kier alpha value is -3.14. The summed E-state index contributed by atoms with van der Waals surface area (Å²) in [5, 5.41) is 11.4. The van der Waals surface area contributed by atoms with Gasteiger partial charge in [-0.05, 0) is 37.3 Å². The molecular formula is C19H20FN5O3S. The molecule has 10 heteroatoms. The predicted octanol–water partition coefficient (Wildman–Crippen LogP) is 2.89. The fourth-order valence-electron chi connectivity index (χ4n) is 2.58. The van der Waals surface area contributed by atoms with Crippen LogP contribution in [0, 0.1) is 5.82 Å². The van der Waals surface area contributed by atoms with Gasteiger partial charge in [0.15, 0.2) is 16.7 Å². The first-order chi connectivity index (χ1) is 14.0. The highest BCUT2D eigenvalue weighted by Gasteiger charge is 2.18. The molecule has 0 saturated carbocycles. The van der Waals surface area contributed by atoms with Gasteiger partial charge in [0.1, 0.15) is 5.82 Å². The van der Waals surface area contributed by atoms with E-state index in [0.29, 0.717) is 29.0 Å². The Bertz CT molecular complexity index is 990. The second-order valence-corrected chi connectivity index (χ2v) is 7.07. The number of benzene rings is 1. The summed E-state index contributed by atoms with van der Waals surface area (Å²) in [5.74, 6) is 0.194. The van der Waals surface area contributed by atoms with Crippen LogP contribution in [0.2, 0.25) is 0 Å². The molecule has 0 fully saturated rings. The first-order valence-electron chi connectivity index (χ1n) is 8.87. The maximum absolute atomic E-state index is 13.2. The maximum atomic E-state index is 13.2. The molecule has 0 saturated heterocycles. The lowest BCUT2D eigenvalue weighted by molar-refractivity contribution is -0.131. The summed E-state index contributed by atoms with van der Waals surface area (Å²) in [5.41, 5.74) is 0.340. The van der Waals surface area contributed by atoms with E-state index >= 15 is 0 Å². The van der Waals surface area contributed by atoms with Gasteiger partial charge in [-0.3, -0.25) is 14.2 Å². The number of nitrogens with one attached hydrogen (secondary N) is 1. The van der Waals surface area contributed by atoms with Crippen molar-refractivity contribution < 1.29 is 18.4 Å². The van der Waals surface area contributed by atoms with Crippen molar-refractivity contribution in [3.63, 3.8) is 0 Å². The topological polar surface area (TPSA) is 93.3 Å². The molecule has 29 heavy (non-hydrogen) atoms. The van der Waals surface area contributed by atoms with Crippen molar-refractivity contribution in [1.29, 1.82) is 0 Å². The van der Waals surface area contributed by atoms with E-state index in [1.807, 2.05) is 11.5 Å². The first kappa shape index (κ1) is 20.6. The zero-order valence-electron chi connectivity index (χ0n) is 16.0. The summed E-state index contributed by atoms with van der Waals surface area (Å²) in [6.45, 7) is 2.42. The number of nitrogens with zero attached hydrogens (tertiary/aromatic N) is 4. The Morgan fingerprint density at radius 2 is 2.10 bits per heavy atom. The number of likely N-dealkylation sites (N-methyl/N-ethyl adjacent to an activating group) is 1. The number of hydrogen-bond acceptors (Lipinski definition) is 6. The minimum atomic E-state index is -0.447. The summed E-state index contributed by atoms with van der Waals surface area (Å²) in [6, 6.07) is 9.13. The molecule has 2 aromatic heterocycles. The molecule has 2 amide bonds. The summed E-state index contributed by atoms with van der Waals surface area (Å²) < 4.78 is 20.4. The van der Waals surface area contributed by atoms with Crippen LogP contribution in [0.25, 0.3) is 11.6 Å². The molecule has 152 valence electrons. The quantitative estimate of drug-likeness (QED) is 0.567. The Labute approximate surface area is 171 Å². The highest BCUT2D eigenvalue weighted by molar-refractivity contribution is 7.99. The lowest BCUT2D eigenvalue weighted by atomic mass is 10.3. The van der Waals surface area contributed by atoms with Gasteiger partial charge in [-0.25, -0.2) is 4.39 Å². The summed E-state index contributed by atoms with van der Waals surface area (Å²) in [4.78, 5) is 25.8. The van der Waals surface area contributed by atoms with Gasteiger partial charge < -0.3 is 14.6 Å². The van der Waals surface area contributed by atoms with Gasteiger partial charge >= 0.3 is 0 Å². The van der Waals surface area contributed by atoms with Crippen molar-refractivity contribution in [3.8, 4) is 11.6 Å². The Morgan fingerprint density at radius 3 is 2.79 bits per heavy atom. The lowest BCUT2D eigenvalue weighted by Crippen LogP contribution is -2.36. The molecule has 3 rings (SSSR count). The molecular weight excluding hydrogens is 397 g/mol. The van der Waals surface area contributed by atoms with Crippen LogP contribution in [0.4, 0.5) is 10.1 Å². The maximum Gasteiger partial charge on any atom is 0.243 e. The molecule has 3 aromatic rings. The molecule has 0 unspecified atom stereocenters. The van der Waals surface area contributed by atoms with Gasteiger partial charge in [-0.1, -0.05) is 17.8 Å². The van der Waals surface area contributed by atoms with Crippen LogP contribution in [0.5, 0.6) is 0 Å². The first-order valence-corrected chi connectivity index (χ1v) is 9.85. The number of carbonyl (C=O) groups is 2. The van der Waals surface area contributed by atoms with Crippen LogP contribution < -0.4 is 5.32 Å². The third-order valence-corrected chi connectivity index (χ3v) is 4.97. The van der Waals surface area contributed by atoms with Crippen molar-refractivity contribution in [2.75, 3.05) is 24.7 Å². The minimum Gasteiger partial charge on any atom is -0.461 e. The van der Waals surface area contributed by atoms with Gasteiger partial charge in [0.25, 0.3) is 0 Å². The number of thioether (sulfide) groups is 1. The van der Waals surface area contributed by atoms with E-state index in [1.165, 1.54) is 41.9 Å². The van der Waals surface area contributed by atoms with E-state index in [4.69, 9.17) is 4.42 Å². The van der Waals surface area contributed by atoms with Crippen LogP contribution in [0.3, 0.4) is 0 Å². The van der Waals surface area contributed by atoms with Crippen molar-refractivity contribution in [3.05, 3.63) is 48.5 Å². The van der Waals surface area contributed by atoms with Gasteiger partial charge in [0.05, 0.1) is 18.6 Å². The monoisotopic (exact) mass is 417 g/mol. The molecule has 0 aliphatic rings. The molecule has 0 spiro atoms. The smallest absolute Gasteiger partial charge is 0.243 e. The van der Waals surface area contributed by atoms with Crippen LogP contribution in [0.15, 0.2) is 52.2 Å². The molecule has 0 atom stereocenters. The average Bonchev–Trinajstić information content (AvgIpc) is 3.34. The molecule has 1 N–H and O–H groups in total. The number of furan rings is 1. The highest BCUT2D eigenvalue weighted by atomic mass is 32.2. The highest BCUT2D eigenvalue weighted by Crippen LogP contribution is 2.24. The standard InChI is InChI=1S/C19H20FN5O3S/c1-3-25-18(15-8-5-9-28-15)22-23-19(25)29-12-17(27)24(2)11-16(26)21-14-7-4-6-13(20)10-14/h4-10H,3,11-12H2,1-2H3,(H,21,26). The third kappa shape index (κ3) is 5.23. The summed E-state index contributed by atoms with van der Waals surface area (Å²) in [6.07, 6.45) is 1.56. The fraction of sp³-hybridized carbons (Fsp3) is 0.263. The van der Waals surface area contributed by atoms with Gasteiger partial charge in [-0.15, -0.1) is 10.2 Å². The molecule has 1 aromatic carbocycles. The number of aromatic nitrogens is 3. The Kier molecular flexibility index (Phi) is 6.65. The second kappa shape index (κ2) is 9.37. The summed E-state index contributed by atoms with van der Waals surface area (Å²) in [7, 11) is 1.53.